The Morgan fingerprint density at radius 2 is 2.06 bits per heavy atom. The van der Waals surface area contributed by atoms with Gasteiger partial charge in [0.1, 0.15) is 0 Å². The van der Waals surface area contributed by atoms with Gasteiger partial charge in [-0.3, -0.25) is 4.79 Å². The Bertz CT molecular complexity index is 277. The third kappa shape index (κ3) is 3.69. The van der Waals surface area contributed by atoms with Gasteiger partial charge in [0, 0.05) is 13.0 Å². The van der Waals surface area contributed by atoms with Crippen LogP contribution in [0.5, 0.6) is 0 Å². The Balaban J connectivity index is 1.75. The summed E-state index contributed by atoms with van der Waals surface area (Å²) in [5, 5.41) is 3.37. The minimum Gasteiger partial charge on any atom is -0.375 e. The van der Waals surface area contributed by atoms with E-state index in [1.165, 1.54) is 12.8 Å². The quantitative estimate of drug-likeness (QED) is 0.828. The summed E-state index contributed by atoms with van der Waals surface area (Å²) in [6, 6.07) is 0.238. The number of nitrogens with zero attached hydrogens (tertiary/aromatic N) is 1. The molecule has 4 heteroatoms. The highest BCUT2D eigenvalue weighted by Crippen LogP contribution is 2.20. The Labute approximate surface area is 110 Å². The van der Waals surface area contributed by atoms with Crippen LogP contribution in [0.1, 0.15) is 39.5 Å². The lowest BCUT2D eigenvalue weighted by molar-refractivity contribution is -0.143. The largest absolute Gasteiger partial charge is 0.375 e. The number of hydrogen-bond donors (Lipinski definition) is 1. The molecule has 1 N–H and O–H groups in total. The summed E-state index contributed by atoms with van der Waals surface area (Å²) >= 11 is 0. The van der Waals surface area contributed by atoms with E-state index in [1.807, 2.05) is 11.8 Å². The highest BCUT2D eigenvalue weighted by molar-refractivity contribution is 5.76. The number of nitrogens with one attached hydrogen (secondary N) is 1. The van der Waals surface area contributed by atoms with Crippen LogP contribution < -0.4 is 5.32 Å². The van der Waals surface area contributed by atoms with Crippen molar-refractivity contribution < 1.29 is 9.53 Å². The van der Waals surface area contributed by atoms with Crippen molar-refractivity contribution in [3.63, 3.8) is 0 Å². The predicted octanol–water partition coefficient (Wildman–Crippen LogP) is 1.40. The van der Waals surface area contributed by atoms with Crippen molar-refractivity contribution in [3.8, 4) is 0 Å². The molecule has 0 aromatic heterocycles. The van der Waals surface area contributed by atoms with Crippen molar-refractivity contribution in [3.05, 3.63) is 0 Å². The average Bonchev–Trinajstić information content (AvgIpc) is 2.40. The molecule has 2 rings (SSSR count). The molecular formula is C14H26N2O2. The van der Waals surface area contributed by atoms with Crippen LogP contribution in [0.2, 0.25) is 0 Å². The van der Waals surface area contributed by atoms with Crippen LogP contribution in [0.15, 0.2) is 0 Å². The lowest BCUT2D eigenvalue weighted by Gasteiger charge is -2.37. The lowest BCUT2D eigenvalue weighted by atomic mass is 9.93. The summed E-state index contributed by atoms with van der Waals surface area (Å²) < 4.78 is 5.56. The maximum Gasteiger partial charge on any atom is 0.222 e. The van der Waals surface area contributed by atoms with Crippen LogP contribution in [0, 0.1) is 5.92 Å². The Morgan fingerprint density at radius 1 is 1.33 bits per heavy atom. The van der Waals surface area contributed by atoms with E-state index in [4.69, 9.17) is 4.74 Å². The SMILES string of the molecule is C[C@@H]1CN(C(=O)CCC2CCNCC2)[C@H](C)CO1. The second-order valence-electron chi connectivity index (χ2n) is 5.77. The first kappa shape index (κ1) is 13.8. The van der Waals surface area contributed by atoms with Gasteiger partial charge in [0.05, 0.1) is 18.8 Å². The Morgan fingerprint density at radius 3 is 2.78 bits per heavy atom. The topological polar surface area (TPSA) is 41.6 Å². The smallest absolute Gasteiger partial charge is 0.222 e. The maximum atomic E-state index is 12.3. The fourth-order valence-corrected chi connectivity index (χ4v) is 2.89. The van der Waals surface area contributed by atoms with E-state index >= 15 is 0 Å². The fourth-order valence-electron chi connectivity index (χ4n) is 2.89. The normalized spacial score (nSPS) is 30.4. The zero-order valence-electron chi connectivity index (χ0n) is 11.7. The van der Waals surface area contributed by atoms with Gasteiger partial charge in [-0.15, -0.1) is 0 Å². The number of carbonyl (C=O) groups is 1. The van der Waals surface area contributed by atoms with E-state index < -0.39 is 0 Å². The van der Waals surface area contributed by atoms with Crippen LogP contribution >= 0.6 is 0 Å². The van der Waals surface area contributed by atoms with Crippen molar-refractivity contribution in [2.45, 2.75) is 51.7 Å². The molecule has 0 aliphatic carbocycles. The molecule has 0 aromatic carbocycles. The summed E-state index contributed by atoms with van der Waals surface area (Å²) in [6.45, 7) is 7.79. The standard InChI is InChI=1S/C14H26N2O2/c1-11-10-18-12(2)9-16(11)14(17)4-3-13-5-7-15-8-6-13/h11-13,15H,3-10H2,1-2H3/t11-,12-/m1/s1. The molecule has 0 radical (unpaired) electrons. The van der Waals surface area contributed by atoms with Gasteiger partial charge < -0.3 is 15.0 Å². The average molecular weight is 254 g/mol. The molecule has 104 valence electrons. The summed E-state index contributed by atoms with van der Waals surface area (Å²) in [7, 11) is 0. The number of rotatable bonds is 3. The number of hydrogen-bond acceptors (Lipinski definition) is 3. The van der Waals surface area contributed by atoms with Gasteiger partial charge >= 0.3 is 0 Å². The third-order valence-electron chi connectivity index (χ3n) is 4.15. The van der Waals surface area contributed by atoms with E-state index in [1.54, 1.807) is 0 Å². The number of morpholine rings is 1. The molecule has 0 unspecified atom stereocenters. The molecular weight excluding hydrogens is 228 g/mol. The molecule has 2 heterocycles. The van der Waals surface area contributed by atoms with E-state index in [-0.39, 0.29) is 12.1 Å². The zero-order valence-corrected chi connectivity index (χ0v) is 11.7. The fraction of sp³-hybridized carbons (Fsp3) is 0.929. The van der Waals surface area contributed by atoms with Crippen molar-refractivity contribution in [2.24, 2.45) is 5.92 Å². The number of piperidine rings is 1. The van der Waals surface area contributed by atoms with Gasteiger partial charge in [0.2, 0.25) is 5.91 Å². The molecule has 2 saturated heterocycles. The minimum atomic E-state index is 0.184. The van der Waals surface area contributed by atoms with Crippen molar-refractivity contribution in [1.82, 2.24) is 10.2 Å². The molecule has 1 amide bonds. The molecule has 2 atom stereocenters. The minimum absolute atomic E-state index is 0.184. The summed E-state index contributed by atoms with van der Waals surface area (Å²) in [6.07, 6.45) is 4.40. The highest BCUT2D eigenvalue weighted by atomic mass is 16.5. The van der Waals surface area contributed by atoms with Gasteiger partial charge in [0.15, 0.2) is 0 Å². The van der Waals surface area contributed by atoms with Gasteiger partial charge in [-0.2, -0.15) is 0 Å². The van der Waals surface area contributed by atoms with E-state index in [9.17, 15) is 4.79 Å². The van der Waals surface area contributed by atoms with Crippen LogP contribution in [0.25, 0.3) is 0 Å². The molecule has 0 aromatic rings. The van der Waals surface area contributed by atoms with Crippen molar-refractivity contribution in [2.75, 3.05) is 26.2 Å². The molecule has 2 aliphatic rings. The van der Waals surface area contributed by atoms with E-state index in [0.717, 1.165) is 32.0 Å². The molecule has 4 nitrogen and oxygen atoms in total. The molecule has 2 aliphatic heterocycles. The van der Waals surface area contributed by atoms with Gasteiger partial charge in [-0.25, -0.2) is 0 Å². The molecule has 2 fully saturated rings. The summed E-state index contributed by atoms with van der Waals surface area (Å²) in [4.78, 5) is 14.3. The summed E-state index contributed by atoms with van der Waals surface area (Å²) in [5.41, 5.74) is 0. The van der Waals surface area contributed by atoms with Gasteiger partial charge in [-0.05, 0) is 52.1 Å². The van der Waals surface area contributed by atoms with Crippen molar-refractivity contribution >= 4 is 5.91 Å². The highest BCUT2D eigenvalue weighted by Gasteiger charge is 2.27. The molecule has 18 heavy (non-hydrogen) atoms. The summed E-state index contributed by atoms with van der Waals surface area (Å²) in [5.74, 6) is 1.06. The van der Waals surface area contributed by atoms with E-state index in [2.05, 4.69) is 12.2 Å². The number of amides is 1. The predicted molar refractivity (Wildman–Crippen MR) is 71.4 cm³/mol. The van der Waals surface area contributed by atoms with Crippen LogP contribution in [0.4, 0.5) is 0 Å². The van der Waals surface area contributed by atoms with Crippen LogP contribution in [-0.4, -0.2) is 49.2 Å². The van der Waals surface area contributed by atoms with Crippen LogP contribution in [0.3, 0.4) is 0 Å². The second kappa shape index (κ2) is 6.53. The molecule has 0 saturated carbocycles. The maximum absolute atomic E-state index is 12.3. The van der Waals surface area contributed by atoms with Gasteiger partial charge in [0.25, 0.3) is 0 Å². The first-order chi connectivity index (χ1) is 8.66. The zero-order chi connectivity index (χ0) is 13.0. The lowest BCUT2D eigenvalue weighted by Crippen LogP contribution is -2.50. The van der Waals surface area contributed by atoms with Gasteiger partial charge in [-0.1, -0.05) is 0 Å². The second-order valence-corrected chi connectivity index (χ2v) is 5.77. The number of carbonyl (C=O) groups excluding carboxylic acids is 1. The Kier molecular flexibility index (Phi) is 5.01. The Hall–Kier alpha value is -0.610. The molecule has 0 bridgehead atoms. The van der Waals surface area contributed by atoms with Crippen LogP contribution in [-0.2, 0) is 9.53 Å². The van der Waals surface area contributed by atoms with E-state index in [0.29, 0.717) is 18.9 Å². The molecule has 0 spiro atoms. The first-order valence-corrected chi connectivity index (χ1v) is 7.28. The number of ether oxygens (including phenoxy) is 1. The third-order valence-corrected chi connectivity index (χ3v) is 4.15. The van der Waals surface area contributed by atoms with Crippen molar-refractivity contribution in [1.29, 1.82) is 0 Å². The first-order valence-electron chi connectivity index (χ1n) is 7.28. The monoisotopic (exact) mass is 254 g/mol.